The third-order valence-electron chi connectivity index (χ3n) is 10.6. The molecule has 0 fully saturated rings. The third kappa shape index (κ3) is 11.2. The Morgan fingerprint density at radius 3 is 1.77 bits per heavy atom. The molecule has 0 aliphatic heterocycles. The Labute approximate surface area is 367 Å². The quantitative estimate of drug-likeness (QED) is 0.101. The largest absolute Gasteiger partial charge is 0.480 e. The van der Waals surface area contributed by atoms with Crippen molar-refractivity contribution in [1.29, 1.82) is 10.5 Å². The third-order valence-corrected chi connectivity index (χ3v) is 11.1. The number of esters is 1. The molecular weight excluding hydrogens is 807 g/mol. The Balaban J connectivity index is 0.000000231. The SMILES string of the molecule is CC(C)C(C(=O)OC(C#N)c1cccc(Oc2ccccc2)c1)c1ccc(Cl)cc1.CCC(C)(Cc1ccccc1Oc1ccccc1)C(C#N)(C(=O)O)c1ccc(Cl)cc1. The summed E-state index contributed by atoms with van der Waals surface area (Å²) in [7, 11) is 0. The second-order valence-corrected chi connectivity index (χ2v) is 15.9. The van der Waals surface area contributed by atoms with E-state index in [1.807, 2.05) is 125 Å². The number of carboxylic acid groups (broad SMARTS) is 1. The van der Waals surface area contributed by atoms with E-state index < -0.39 is 34.8 Å². The summed E-state index contributed by atoms with van der Waals surface area (Å²) in [6.45, 7) is 7.64. The summed E-state index contributed by atoms with van der Waals surface area (Å²) < 4.78 is 17.5. The fourth-order valence-electron chi connectivity index (χ4n) is 7.17. The number of carboxylic acids is 1. The van der Waals surface area contributed by atoms with Crippen molar-refractivity contribution in [3.63, 3.8) is 0 Å². The summed E-state index contributed by atoms with van der Waals surface area (Å²) in [6, 6.07) is 51.1. The summed E-state index contributed by atoms with van der Waals surface area (Å²) in [5, 5.41) is 31.3. The lowest BCUT2D eigenvalue weighted by molar-refractivity contribution is -0.150. The van der Waals surface area contributed by atoms with Gasteiger partial charge < -0.3 is 19.3 Å². The summed E-state index contributed by atoms with van der Waals surface area (Å²) in [4.78, 5) is 25.6. The Hall–Kier alpha value is -6.58. The lowest BCUT2D eigenvalue weighted by atomic mass is 9.58. The minimum absolute atomic E-state index is 0.00855. The molecule has 4 unspecified atom stereocenters. The molecule has 8 nitrogen and oxygen atoms in total. The monoisotopic (exact) mass is 852 g/mol. The lowest BCUT2D eigenvalue weighted by Gasteiger charge is -2.41. The van der Waals surface area contributed by atoms with Crippen molar-refractivity contribution in [2.75, 3.05) is 0 Å². The van der Waals surface area contributed by atoms with Crippen molar-refractivity contribution in [2.24, 2.45) is 11.3 Å². The van der Waals surface area contributed by atoms with E-state index in [0.29, 0.717) is 57.0 Å². The Morgan fingerprint density at radius 1 is 0.689 bits per heavy atom. The van der Waals surface area contributed by atoms with Gasteiger partial charge in [0.15, 0.2) is 5.41 Å². The maximum atomic E-state index is 13.0. The fraction of sp³-hybridized carbons (Fsp3) is 0.216. The highest BCUT2D eigenvalue weighted by Crippen LogP contribution is 2.48. The van der Waals surface area contributed by atoms with Crippen LogP contribution in [0.25, 0.3) is 0 Å². The first kappa shape index (κ1) is 45.5. The normalized spacial score (nSPS) is 13.7. The number of nitrogens with zero attached hydrogens (tertiary/aromatic N) is 2. The molecule has 310 valence electrons. The van der Waals surface area contributed by atoms with Gasteiger partial charge in [-0.2, -0.15) is 10.5 Å². The number of benzene rings is 6. The van der Waals surface area contributed by atoms with Gasteiger partial charge in [-0.3, -0.25) is 9.59 Å². The molecule has 61 heavy (non-hydrogen) atoms. The van der Waals surface area contributed by atoms with Crippen molar-refractivity contribution in [3.05, 3.63) is 190 Å². The van der Waals surface area contributed by atoms with E-state index in [4.69, 9.17) is 37.4 Å². The van der Waals surface area contributed by atoms with Gasteiger partial charge in [0.2, 0.25) is 6.10 Å². The molecule has 0 aromatic heterocycles. The molecular formula is C51H46Cl2N2O6. The van der Waals surface area contributed by atoms with Gasteiger partial charge in [0, 0.05) is 21.0 Å². The Bertz CT molecular complexity index is 2470. The van der Waals surface area contributed by atoms with Crippen molar-refractivity contribution in [3.8, 4) is 35.1 Å². The van der Waals surface area contributed by atoms with Gasteiger partial charge in [-0.25, -0.2) is 0 Å². The molecule has 6 rings (SSSR count). The summed E-state index contributed by atoms with van der Waals surface area (Å²) >= 11 is 12.0. The first-order valence-corrected chi connectivity index (χ1v) is 20.5. The van der Waals surface area contributed by atoms with E-state index in [-0.39, 0.29) is 5.92 Å². The topological polar surface area (TPSA) is 130 Å². The van der Waals surface area contributed by atoms with Gasteiger partial charge >= 0.3 is 11.9 Å². The number of rotatable bonds is 15. The number of carbonyl (C=O) groups excluding carboxylic acids is 1. The van der Waals surface area contributed by atoms with Gasteiger partial charge in [-0.15, -0.1) is 0 Å². The number of halogens is 2. The zero-order chi connectivity index (χ0) is 44.0. The van der Waals surface area contributed by atoms with Crippen LogP contribution < -0.4 is 9.47 Å². The Kier molecular flexibility index (Phi) is 15.7. The highest BCUT2D eigenvalue weighted by atomic mass is 35.5. The van der Waals surface area contributed by atoms with Gasteiger partial charge in [-0.05, 0) is 102 Å². The number of carbonyl (C=O) groups is 2. The van der Waals surface area contributed by atoms with Crippen molar-refractivity contribution < 1.29 is 28.9 Å². The Morgan fingerprint density at radius 2 is 1.23 bits per heavy atom. The zero-order valence-corrected chi connectivity index (χ0v) is 35.8. The molecule has 0 saturated carbocycles. The smallest absolute Gasteiger partial charge is 0.329 e. The second kappa shape index (κ2) is 21.1. The maximum Gasteiger partial charge on any atom is 0.329 e. The molecule has 6 aromatic rings. The van der Waals surface area contributed by atoms with Crippen LogP contribution in [0.15, 0.2) is 158 Å². The molecule has 4 atom stereocenters. The predicted octanol–water partition coefficient (Wildman–Crippen LogP) is 13.3. The van der Waals surface area contributed by atoms with E-state index in [0.717, 1.165) is 11.1 Å². The average molecular weight is 854 g/mol. The van der Waals surface area contributed by atoms with Crippen LogP contribution in [0.5, 0.6) is 23.0 Å². The van der Waals surface area contributed by atoms with Gasteiger partial charge in [0.25, 0.3) is 0 Å². The van der Waals surface area contributed by atoms with E-state index in [9.17, 15) is 25.2 Å². The van der Waals surface area contributed by atoms with E-state index in [1.165, 1.54) is 0 Å². The second-order valence-electron chi connectivity index (χ2n) is 15.0. The van der Waals surface area contributed by atoms with Crippen LogP contribution in [0.2, 0.25) is 10.0 Å². The minimum atomic E-state index is -1.76. The molecule has 0 spiro atoms. The summed E-state index contributed by atoms with van der Waals surface area (Å²) in [5.41, 5.74) is -0.0672. The van der Waals surface area contributed by atoms with Gasteiger partial charge in [0.1, 0.15) is 29.1 Å². The number of nitriles is 2. The molecule has 10 heteroatoms. The molecule has 0 aliphatic carbocycles. The van der Waals surface area contributed by atoms with Gasteiger partial charge in [-0.1, -0.05) is 142 Å². The van der Waals surface area contributed by atoms with E-state index >= 15 is 0 Å². The number of para-hydroxylation sites is 3. The highest BCUT2D eigenvalue weighted by molar-refractivity contribution is 6.30. The molecule has 0 radical (unpaired) electrons. The predicted molar refractivity (Wildman–Crippen MR) is 238 cm³/mol. The molecule has 0 amide bonds. The first-order chi connectivity index (χ1) is 29.3. The van der Waals surface area contributed by atoms with Crippen LogP contribution in [0.4, 0.5) is 0 Å². The van der Waals surface area contributed by atoms with Crippen molar-refractivity contribution >= 4 is 35.1 Å². The first-order valence-electron chi connectivity index (χ1n) is 19.7. The maximum absolute atomic E-state index is 13.0. The molecule has 1 N–H and O–H groups in total. The average Bonchev–Trinajstić information content (AvgIpc) is 3.26. The molecule has 0 heterocycles. The standard InChI is InChI=1S/C26H24ClNO3.C25H22ClNO3/c1-3-25(2,26(18-28,24(29)30)20-13-15-21(27)16-14-20)17-19-9-7-8-12-23(19)31-22-10-5-4-6-11-22;1-17(2)24(18-11-13-20(26)14-12-18)25(28)30-23(16-27)19-7-6-10-22(15-19)29-21-8-4-3-5-9-21/h4-16H,3,17H2,1-2H3,(H,29,30);3-15,17,23-24H,1-2H3. The molecule has 6 aromatic carbocycles. The van der Waals surface area contributed by atoms with Crippen LogP contribution in [-0.4, -0.2) is 17.0 Å². The van der Waals surface area contributed by atoms with Crippen molar-refractivity contribution in [1.82, 2.24) is 0 Å². The van der Waals surface area contributed by atoms with Crippen LogP contribution in [0, 0.1) is 34.0 Å². The number of hydrogen-bond acceptors (Lipinski definition) is 7. The summed E-state index contributed by atoms with van der Waals surface area (Å²) in [5.74, 6) is 0.442. The van der Waals surface area contributed by atoms with E-state index in [1.54, 1.807) is 60.7 Å². The summed E-state index contributed by atoms with van der Waals surface area (Å²) in [6.07, 6.45) is -0.227. The highest BCUT2D eigenvalue weighted by Gasteiger charge is 2.55. The molecule has 0 saturated heterocycles. The fourth-order valence-corrected chi connectivity index (χ4v) is 7.42. The zero-order valence-electron chi connectivity index (χ0n) is 34.3. The van der Waals surface area contributed by atoms with Crippen LogP contribution in [0.3, 0.4) is 0 Å². The van der Waals surface area contributed by atoms with Gasteiger partial charge in [0.05, 0.1) is 12.0 Å². The number of ether oxygens (including phenoxy) is 3. The number of hydrogen-bond donors (Lipinski definition) is 1. The van der Waals surface area contributed by atoms with E-state index in [2.05, 4.69) is 12.1 Å². The van der Waals surface area contributed by atoms with Crippen LogP contribution in [0.1, 0.15) is 68.4 Å². The minimum Gasteiger partial charge on any atom is -0.480 e. The van der Waals surface area contributed by atoms with Crippen molar-refractivity contribution in [2.45, 2.75) is 58.0 Å². The lowest BCUT2D eigenvalue weighted by Crippen LogP contribution is -2.50. The van der Waals surface area contributed by atoms with Crippen LogP contribution in [-0.2, 0) is 26.2 Å². The van der Waals surface area contributed by atoms with Crippen LogP contribution >= 0.6 is 23.2 Å². The number of aliphatic carboxylic acids is 1. The molecule has 0 aliphatic rings. The molecule has 0 bridgehead atoms.